The summed E-state index contributed by atoms with van der Waals surface area (Å²) in [6.07, 6.45) is -0.527. The first-order valence-corrected chi connectivity index (χ1v) is 5.76. The molecule has 0 aromatic carbocycles. The van der Waals surface area contributed by atoms with E-state index in [0.717, 1.165) is 0 Å². The Kier molecular flexibility index (Phi) is 3.81. The summed E-state index contributed by atoms with van der Waals surface area (Å²) in [5.41, 5.74) is -0.0380. The summed E-state index contributed by atoms with van der Waals surface area (Å²) >= 11 is 0. The van der Waals surface area contributed by atoms with Crippen LogP contribution < -0.4 is 4.74 Å². The molecule has 0 radical (unpaired) electrons. The predicted octanol–water partition coefficient (Wildman–Crippen LogP) is 1.11. The monoisotopic (exact) mass is 258 g/mol. The maximum atomic E-state index is 12.5. The third-order valence-corrected chi connectivity index (χ3v) is 2.56. The molecule has 0 amide bonds. The van der Waals surface area contributed by atoms with Crippen molar-refractivity contribution in [3.05, 3.63) is 11.8 Å². The summed E-state index contributed by atoms with van der Waals surface area (Å²) in [5.74, 6) is -0.667. The van der Waals surface area contributed by atoms with Gasteiger partial charge in [0, 0.05) is 19.0 Å². The smallest absolute Gasteiger partial charge is 0.356 e. The second-order valence-corrected chi connectivity index (χ2v) is 4.24. The summed E-state index contributed by atoms with van der Waals surface area (Å²) < 4.78 is 24.7. The van der Waals surface area contributed by atoms with Gasteiger partial charge in [0.05, 0.1) is 13.2 Å². The Morgan fingerprint density at radius 3 is 3.28 bits per heavy atom. The molecule has 0 aliphatic carbocycles. The van der Waals surface area contributed by atoms with E-state index in [1.165, 1.54) is 17.7 Å². The van der Waals surface area contributed by atoms with Gasteiger partial charge in [0.25, 0.3) is 0 Å². The number of ether oxygens (including phenoxy) is 2. The van der Waals surface area contributed by atoms with Crippen molar-refractivity contribution in [2.75, 3.05) is 13.2 Å². The number of carbonyl (C=O) groups is 1. The lowest BCUT2D eigenvalue weighted by Gasteiger charge is -2.24. The van der Waals surface area contributed by atoms with E-state index in [2.05, 4.69) is 5.10 Å². The molecule has 0 saturated carbocycles. The van der Waals surface area contributed by atoms with Crippen LogP contribution in [0.5, 0.6) is 5.88 Å². The zero-order chi connectivity index (χ0) is 13.1. The highest BCUT2D eigenvalue weighted by Gasteiger charge is 2.23. The van der Waals surface area contributed by atoms with Gasteiger partial charge in [-0.2, -0.15) is 5.10 Å². The number of nitrogens with zero attached hydrogens (tertiary/aromatic N) is 2. The summed E-state index contributed by atoms with van der Waals surface area (Å²) in [5, 5.41) is 12.7. The van der Waals surface area contributed by atoms with Gasteiger partial charge in [0.2, 0.25) is 5.88 Å². The van der Waals surface area contributed by atoms with Crippen LogP contribution in [-0.4, -0.2) is 46.3 Å². The number of rotatable bonds is 5. The minimum Gasteiger partial charge on any atom is -0.476 e. The van der Waals surface area contributed by atoms with Crippen molar-refractivity contribution in [3.8, 4) is 5.88 Å². The summed E-state index contributed by atoms with van der Waals surface area (Å²) in [7, 11) is 0. The highest BCUT2D eigenvalue weighted by molar-refractivity contribution is 5.85. The molecule has 1 aliphatic rings. The normalized spacial score (nSPS) is 20.0. The Balaban J connectivity index is 1.91. The Bertz CT molecular complexity index is 433. The van der Waals surface area contributed by atoms with Crippen molar-refractivity contribution in [1.29, 1.82) is 0 Å². The lowest BCUT2D eigenvalue weighted by Crippen LogP contribution is -2.31. The van der Waals surface area contributed by atoms with Gasteiger partial charge in [-0.15, -0.1) is 0 Å². The Labute approximate surface area is 103 Å². The lowest BCUT2D eigenvalue weighted by atomic mass is 10.2. The van der Waals surface area contributed by atoms with E-state index < -0.39 is 12.1 Å². The molecule has 2 rings (SSSR count). The van der Waals surface area contributed by atoms with Crippen LogP contribution in [0.2, 0.25) is 0 Å². The van der Waals surface area contributed by atoms with Gasteiger partial charge in [0.1, 0.15) is 12.3 Å². The molecule has 0 fully saturated rings. The maximum Gasteiger partial charge on any atom is 0.356 e. The number of halogens is 1. The summed E-state index contributed by atoms with van der Waals surface area (Å²) in [4.78, 5) is 10.7. The number of hydrogen-bond acceptors (Lipinski definition) is 4. The summed E-state index contributed by atoms with van der Waals surface area (Å²) in [6.45, 7) is 2.33. The van der Waals surface area contributed by atoms with Gasteiger partial charge < -0.3 is 14.6 Å². The third-order valence-electron chi connectivity index (χ3n) is 2.56. The number of alkyl halides is 1. The van der Waals surface area contributed by atoms with Crippen LogP contribution in [0.1, 0.15) is 23.8 Å². The first kappa shape index (κ1) is 12.8. The van der Waals surface area contributed by atoms with Crippen LogP contribution in [0.25, 0.3) is 0 Å². The molecule has 7 heteroatoms. The molecule has 2 unspecified atom stereocenters. The maximum absolute atomic E-state index is 12.5. The Morgan fingerprint density at radius 2 is 2.61 bits per heavy atom. The molecule has 2 atom stereocenters. The zero-order valence-corrected chi connectivity index (χ0v) is 10.0. The molecule has 1 aromatic heterocycles. The molecule has 0 saturated heterocycles. The number of carboxylic acids is 1. The van der Waals surface area contributed by atoms with Gasteiger partial charge >= 0.3 is 5.97 Å². The zero-order valence-electron chi connectivity index (χ0n) is 10.0. The molecule has 0 bridgehead atoms. The topological polar surface area (TPSA) is 73.6 Å². The summed E-state index contributed by atoms with van der Waals surface area (Å²) in [6, 6.07) is 1.38. The number of aromatic carboxylic acids is 1. The van der Waals surface area contributed by atoms with Gasteiger partial charge in [-0.25, -0.2) is 13.9 Å². The fraction of sp³-hybridized carbons (Fsp3) is 0.636. The largest absolute Gasteiger partial charge is 0.476 e. The number of hydrogen-bond donors (Lipinski definition) is 1. The fourth-order valence-corrected chi connectivity index (χ4v) is 1.73. The third kappa shape index (κ3) is 2.98. The average Bonchev–Trinajstić information content (AvgIpc) is 2.71. The highest BCUT2D eigenvalue weighted by Crippen LogP contribution is 2.22. The molecule has 2 heterocycles. The molecule has 6 nitrogen and oxygen atoms in total. The standard InChI is InChI=1S/C11H15FN2O4/c1-7(12)5-17-6-8-2-3-14-10(18-8)4-9(13-14)11(15)16/h4,7-8H,2-3,5-6H2,1H3,(H,15,16). The van der Waals surface area contributed by atoms with E-state index in [9.17, 15) is 9.18 Å². The van der Waals surface area contributed by atoms with Crippen molar-refractivity contribution in [1.82, 2.24) is 9.78 Å². The van der Waals surface area contributed by atoms with E-state index in [1.807, 2.05) is 0 Å². The minimum atomic E-state index is -1.08. The van der Waals surface area contributed by atoms with E-state index >= 15 is 0 Å². The van der Waals surface area contributed by atoms with Gasteiger partial charge in [-0.05, 0) is 6.92 Å². The average molecular weight is 258 g/mol. The second kappa shape index (κ2) is 5.34. The van der Waals surface area contributed by atoms with Crippen molar-refractivity contribution in [2.24, 2.45) is 0 Å². The second-order valence-electron chi connectivity index (χ2n) is 4.24. The van der Waals surface area contributed by atoms with E-state index in [1.54, 1.807) is 0 Å². The molecular formula is C11H15FN2O4. The van der Waals surface area contributed by atoms with Crippen LogP contribution in [0.3, 0.4) is 0 Å². The van der Waals surface area contributed by atoms with E-state index in [-0.39, 0.29) is 18.4 Å². The Morgan fingerprint density at radius 1 is 1.83 bits per heavy atom. The quantitative estimate of drug-likeness (QED) is 0.856. The van der Waals surface area contributed by atoms with Crippen molar-refractivity contribution in [2.45, 2.75) is 32.2 Å². The predicted molar refractivity (Wildman–Crippen MR) is 59.6 cm³/mol. The van der Waals surface area contributed by atoms with Crippen LogP contribution in [0.15, 0.2) is 6.07 Å². The Hall–Kier alpha value is -1.63. The number of aryl methyl sites for hydroxylation is 1. The fourth-order valence-electron chi connectivity index (χ4n) is 1.73. The molecule has 0 spiro atoms. The van der Waals surface area contributed by atoms with Crippen LogP contribution >= 0.6 is 0 Å². The first-order chi connectivity index (χ1) is 8.56. The lowest BCUT2D eigenvalue weighted by molar-refractivity contribution is 0.00938. The van der Waals surface area contributed by atoms with Crippen LogP contribution in [0, 0.1) is 0 Å². The van der Waals surface area contributed by atoms with Crippen LogP contribution in [0.4, 0.5) is 4.39 Å². The van der Waals surface area contributed by atoms with Gasteiger partial charge in [-0.1, -0.05) is 0 Å². The molecule has 100 valence electrons. The highest BCUT2D eigenvalue weighted by atomic mass is 19.1. The van der Waals surface area contributed by atoms with Gasteiger partial charge in [-0.3, -0.25) is 0 Å². The number of aromatic nitrogens is 2. The van der Waals surface area contributed by atoms with Crippen molar-refractivity contribution >= 4 is 5.97 Å². The van der Waals surface area contributed by atoms with Crippen molar-refractivity contribution in [3.63, 3.8) is 0 Å². The van der Waals surface area contributed by atoms with Crippen LogP contribution in [-0.2, 0) is 11.3 Å². The van der Waals surface area contributed by atoms with E-state index in [0.29, 0.717) is 25.5 Å². The number of fused-ring (bicyclic) bond motifs is 1. The molecular weight excluding hydrogens is 243 g/mol. The van der Waals surface area contributed by atoms with Gasteiger partial charge in [0.15, 0.2) is 5.69 Å². The minimum absolute atomic E-state index is 0.0380. The SMILES string of the molecule is CC(F)COCC1CCn2nc(C(=O)O)cc2O1. The molecule has 1 N–H and O–H groups in total. The first-order valence-electron chi connectivity index (χ1n) is 5.76. The molecule has 1 aliphatic heterocycles. The molecule has 18 heavy (non-hydrogen) atoms. The number of carboxylic acid groups (broad SMARTS) is 1. The molecule has 1 aromatic rings. The van der Waals surface area contributed by atoms with E-state index in [4.69, 9.17) is 14.6 Å². The van der Waals surface area contributed by atoms with Crippen molar-refractivity contribution < 1.29 is 23.8 Å².